The Morgan fingerprint density at radius 3 is 2.06 bits per heavy atom. The molecule has 0 aliphatic heterocycles. The molecule has 0 bridgehead atoms. The van der Waals surface area contributed by atoms with Crippen LogP contribution >= 0.6 is 0 Å². The summed E-state index contributed by atoms with van der Waals surface area (Å²) in [5.74, 6) is -1.16. The first-order chi connectivity index (χ1) is 7.15. The summed E-state index contributed by atoms with van der Waals surface area (Å²) in [6.45, 7) is 7.19. The molecule has 0 radical (unpaired) electrons. The van der Waals surface area contributed by atoms with E-state index in [1.54, 1.807) is 13.8 Å². The Kier molecular flexibility index (Phi) is 5.96. The maximum atomic E-state index is 11.6. The number of hydrogen-bond acceptors (Lipinski definition) is 3. The lowest BCUT2D eigenvalue weighted by Crippen LogP contribution is -2.45. The quantitative estimate of drug-likeness (QED) is 0.708. The van der Waals surface area contributed by atoms with E-state index in [2.05, 4.69) is 4.72 Å². The van der Waals surface area contributed by atoms with Gasteiger partial charge in [0.05, 0.1) is 5.75 Å². The topological polar surface area (TPSA) is 83.5 Å². The number of rotatable bonds is 7. The Morgan fingerprint density at radius 2 is 1.75 bits per heavy atom. The molecule has 5 nitrogen and oxygen atoms in total. The minimum absolute atomic E-state index is 0.0266. The summed E-state index contributed by atoms with van der Waals surface area (Å²) >= 11 is 0. The Hall–Kier alpha value is -0.620. The Labute approximate surface area is 97.3 Å². The van der Waals surface area contributed by atoms with E-state index in [1.165, 1.54) is 0 Å². The normalized spacial score (nSPS) is 14.4. The highest BCUT2D eigenvalue weighted by Crippen LogP contribution is 2.06. The van der Waals surface area contributed by atoms with Crippen LogP contribution in [0.5, 0.6) is 0 Å². The molecule has 0 aromatic rings. The van der Waals surface area contributed by atoms with Crippen LogP contribution in [0.2, 0.25) is 0 Å². The van der Waals surface area contributed by atoms with Gasteiger partial charge in [0.1, 0.15) is 6.04 Å². The fraction of sp³-hybridized carbons (Fsp3) is 0.900. The zero-order valence-electron chi connectivity index (χ0n) is 10.2. The van der Waals surface area contributed by atoms with Gasteiger partial charge in [0.2, 0.25) is 10.0 Å². The highest BCUT2D eigenvalue weighted by Gasteiger charge is 2.26. The van der Waals surface area contributed by atoms with Gasteiger partial charge in [0.15, 0.2) is 0 Å². The predicted octanol–water partition coefficient (Wildman–Crippen LogP) is 1.06. The van der Waals surface area contributed by atoms with Gasteiger partial charge in [-0.1, -0.05) is 27.7 Å². The van der Waals surface area contributed by atoms with Crippen LogP contribution in [0.4, 0.5) is 0 Å². The van der Waals surface area contributed by atoms with Crippen LogP contribution in [0.3, 0.4) is 0 Å². The molecule has 0 fully saturated rings. The standard InChI is InChI=1S/C10H21NO4S/c1-7(2)5-6-16(14,15)11-9(8(3)4)10(12)13/h7-9,11H,5-6H2,1-4H3,(H,12,13). The molecular formula is C10H21NO4S. The molecule has 96 valence electrons. The number of hydrogen-bond donors (Lipinski definition) is 2. The molecule has 1 unspecified atom stereocenters. The van der Waals surface area contributed by atoms with E-state index in [9.17, 15) is 13.2 Å². The van der Waals surface area contributed by atoms with Crippen molar-refractivity contribution in [1.29, 1.82) is 0 Å². The molecule has 0 aliphatic carbocycles. The van der Waals surface area contributed by atoms with E-state index in [0.29, 0.717) is 6.42 Å². The lowest BCUT2D eigenvalue weighted by atomic mass is 10.1. The second-order valence-electron chi connectivity index (χ2n) is 4.68. The highest BCUT2D eigenvalue weighted by molar-refractivity contribution is 7.89. The average molecular weight is 251 g/mol. The number of carboxylic acids is 1. The molecule has 0 rings (SSSR count). The van der Waals surface area contributed by atoms with Crippen molar-refractivity contribution in [3.8, 4) is 0 Å². The molecule has 1 atom stereocenters. The van der Waals surface area contributed by atoms with Gasteiger partial charge in [-0.15, -0.1) is 0 Å². The van der Waals surface area contributed by atoms with Crippen molar-refractivity contribution in [3.63, 3.8) is 0 Å². The van der Waals surface area contributed by atoms with Gasteiger partial charge < -0.3 is 5.11 Å². The third-order valence-electron chi connectivity index (χ3n) is 2.20. The summed E-state index contributed by atoms with van der Waals surface area (Å²) in [6, 6.07) is -1.04. The predicted molar refractivity (Wildman–Crippen MR) is 62.6 cm³/mol. The first-order valence-corrected chi connectivity index (χ1v) is 7.03. The molecule has 0 saturated carbocycles. The van der Waals surface area contributed by atoms with Crippen LogP contribution in [-0.4, -0.2) is 31.3 Å². The van der Waals surface area contributed by atoms with Crippen molar-refractivity contribution in [1.82, 2.24) is 4.72 Å². The smallest absolute Gasteiger partial charge is 0.321 e. The number of aliphatic carboxylic acids is 1. The zero-order valence-corrected chi connectivity index (χ0v) is 11.0. The van der Waals surface area contributed by atoms with Crippen molar-refractivity contribution in [2.24, 2.45) is 11.8 Å². The van der Waals surface area contributed by atoms with Gasteiger partial charge in [-0.25, -0.2) is 13.1 Å². The molecule has 0 aromatic carbocycles. The largest absolute Gasteiger partial charge is 0.480 e. The second kappa shape index (κ2) is 6.20. The van der Waals surface area contributed by atoms with Crippen LogP contribution in [-0.2, 0) is 14.8 Å². The van der Waals surface area contributed by atoms with Crippen molar-refractivity contribution >= 4 is 16.0 Å². The lowest BCUT2D eigenvalue weighted by molar-refractivity contribution is -0.140. The average Bonchev–Trinajstić information content (AvgIpc) is 2.10. The van der Waals surface area contributed by atoms with E-state index in [-0.39, 0.29) is 17.6 Å². The Bertz CT molecular complexity index is 322. The Balaban J connectivity index is 4.49. The van der Waals surface area contributed by atoms with E-state index >= 15 is 0 Å². The van der Waals surface area contributed by atoms with Crippen molar-refractivity contribution in [3.05, 3.63) is 0 Å². The van der Waals surface area contributed by atoms with Crippen LogP contribution in [0.1, 0.15) is 34.1 Å². The van der Waals surface area contributed by atoms with Gasteiger partial charge in [0, 0.05) is 0 Å². The maximum absolute atomic E-state index is 11.6. The zero-order chi connectivity index (χ0) is 12.9. The monoisotopic (exact) mass is 251 g/mol. The third kappa shape index (κ3) is 6.07. The van der Waals surface area contributed by atoms with Gasteiger partial charge >= 0.3 is 5.97 Å². The highest BCUT2D eigenvalue weighted by atomic mass is 32.2. The number of nitrogens with one attached hydrogen (secondary N) is 1. The summed E-state index contributed by atoms with van der Waals surface area (Å²) in [5.41, 5.74) is 0. The van der Waals surface area contributed by atoms with Crippen LogP contribution in [0, 0.1) is 11.8 Å². The van der Waals surface area contributed by atoms with Gasteiger partial charge in [0.25, 0.3) is 0 Å². The fourth-order valence-electron chi connectivity index (χ4n) is 1.11. The first-order valence-electron chi connectivity index (χ1n) is 5.38. The summed E-state index contributed by atoms with van der Waals surface area (Å²) in [6.07, 6.45) is 0.528. The summed E-state index contributed by atoms with van der Waals surface area (Å²) in [7, 11) is -3.50. The summed E-state index contributed by atoms with van der Waals surface area (Å²) in [5, 5.41) is 8.86. The molecular weight excluding hydrogens is 230 g/mol. The minimum Gasteiger partial charge on any atom is -0.480 e. The van der Waals surface area contributed by atoms with Crippen LogP contribution in [0.25, 0.3) is 0 Å². The molecule has 2 N–H and O–H groups in total. The second-order valence-corrected chi connectivity index (χ2v) is 6.55. The molecule has 0 aliphatic rings. The third-order valence-corrected chi connectivity index (χ3v) is 3.59. The molecule has 0 saturated heterocycles. The van der Waals surface area contributed by atoms with E-state index < -0.39 is 22.0 Å². The molecule has 0 heterocycles. The van der Waals surface area contributed by atoms with E-state index in [1.807, 2.05) is 13.8 Å². The van der Waals surface area contributed by atoms with Crippen LogP contribution in [0.15, 0.2) is 0 Å². The van der Waals surface area contributed by atoms with E-state index in [4.69, 9.17) is 5.11 Å². The maximum Gasteiger partial charge on any atom is 0.321 e. The van der Waals surface area contributed by atoms with Crippen molar-refractivity contribution < 1.29 is 18.3 Å². The molecule has 0 amide bonds. The minimum atomic E-state index is -3.50. The first kappa shape index (κ1) is 15.4. The summed E-state index contributed by atoms with van der Waals surface area (Å²) < 4.78 is 25.4. The molecule has 6 heteroatoms. The number of carboxylic acid groups (broad SMARTS) is 1. The molecule has 0 spiro atoms. The van der Waals surface area contributed by atoms with Gasteiger partial charge in [-0.2, -0.15) is 0 Å². The lowest BCUT2D eigenvalue weighted by Gasteiger charge is -2.18. The van der Waals surface area contributed by atoms with Crippen LogP contribution < -0.4 is 4.72 Å². The van der Waals surface area contributed by atoms with Crippen molar-refractivity contribution in [2.45, 2.75) is 40.2 Å². The Morgan fingerprint density at radius 1 is 1.25 bits per heavy atom. The SMILES string of the molecule is CC(C)CCS(=O)(=O)NC(C(=O)O)C(C)C. The van der Waals surface area contributed by atoms with Gasteiger partial charge in [-0.05, 0) is 18.3 Å². The molecule has 16 heavy (non-hydrogen) atoms. The van der Waals surface area contributed by atoms with Gasteiger partial charge in [-0.3, -0.25) is 4.79 Å². The summed E-state index contributed by atoms with van der Waals surface area (Å²) in [4.78, 5) is 10.8. The fourth-order valence-corrected chi connectivity index (χ4v) is 2.77. The van der Waals surface area contributed by atoms with E-state index in [0.717, 1.165) is 0 Å². The molecule has 0 aromatic heterocycles. The van der Waals surface area contributed by atoms with Crippen molar-refractivity contribution in [2.75, 3.05) is 5.75 Å². The number of carbonyl (C=O) groups is 1. The number of sulfonamides is 1.